The van der Waals surface area contributed by atoms with Crippen LogP contribution in [-0.2, 0) is 17.5 Å². The Balaban J connectivity index is 1.80. The van der Waals surface area contributed by atoms with Gasteiger partial charge in [-0.3, -0.25) is 4.79 Å². The number of anilines is 2. The summed E-state index contributed by atoms with van der Waals surface area (Å²) in [7, 11) is 0. The predicted molar refractivity (Wildman–Crippen MR) is 112 cm³/mol. The highest BCUT2D eigenvalue weighted by Gasteiger charge is 2.29. The van der Waals surface area contributed by atoms with Gasteiger partial charge in [0.15, 0.2) is 0 Å². The lowest BCUT2D eigenvalue weighted by Gasteiger charge is -2.11. The Kier molecular flexibility index (Phi) is 9.15. The predicted octanol–water partition coefficient (Wildman–Crippen LogP) is 7.15. The van der Waals surface area contributed by atoms with Gasteiger partial charge in [-0.1, -0.05) is 51.2 Å². The fraction of sp³-hybridized carbons (Fsp3) is 0.435. The first-order valence-electron chi connectivity index (χ1n) is 10.3. The molecule has 0 saturated carbocycles. The molecule has 0 bridgehead atoms. The smallest absolute Gasteiger partial charge is 0.379 e. The highest BCUT2D eigenvalue weighted by atomic mass is 19.4. The molecule has 0 aliphatic rings. The third kappa shape index (κ3) is 8.05. The molecule has 2 N–H and O–H groups in total. The number of unbranched alkanes of at least 4 members (excludes halogenated alkanes) is 5. The molecule has 0 spiro atoms. The molecule has 0 aliphatic heterocycles. The van der Waals surface area contributed by atoms with Gasteiger partial charge in [0.05, 0.1) is 11.3 Å². The largest absolute Gasteiger partial charge is 0.416 e. The van der Waals surface area contributed by atoms with Crippen LogP contribution in [0.2, 0.25) is 0 Å². The van der Waals surface area contributed by atoms with E-state index >= 15 is 0 Å². The fourth-order valence-corrected chi connectivity index (χ4v) is 3.03. The van der Waals surface area contributed by atoms with Gasteiger partial charge >= 0.3 is 6.18 Å². The van der Waals surface area contributed by atoms with Gasteiger partial charge in [0, 0.05) is 18.7 Å². The number of rotatable bonds is 11. The molecule has 0 radical (unpaired) electrons. The Morgan fingerprint density at radius 3 is 2.23 bits per heavy atom. The highest BCUT2D eigenvalue weighted by Crippen LogP contribution is 2.29. The summed E-state index contributed by atoms with van der Waals surface area (Å²) < 4.78 is 52.0. The molecule has 2 aromatic rings. The van der Waals surface area contributed by atoms with Gasteiger partial charge in [-0.25, -0.2) is 4.39 Å². The van der Waals surface area contributed by atoms with Crippen LogP contribution in [-0.4, -0.2) is 5.91 Å². The molecule has 2 aromatic carbocycles. The van der Waals surface area contributed by atoms with Crippen molar-refractivity contribution in [2.75, 3.05) is 10.6 Å². The van der Waals surface area contributed by atoms with Crippen molar-refractivity contribution in [1.29, 1.82) is 0 Å². The Hall–Kier alpha value is -2.57. The van der Waals surface area contributed by atoms with Gasteiger partial charge in [0.1, 0.15) is 5.82 Å². The quantitative estimate of drug-likeness (QED) is 0.297. The van der Waals surface area contributed by atoms with Gasteiger partial charge in [-0.15, -0.1) is 0 Å². The van der Waals surface area contributed by atoms with Gasteiger partial charge in [0.2, 0.25) is 5.91 Å². The SMILES string of the molecule is CCCCCCCCC(=O)Nc1ccc(NCc2ccc(C(F)(F)F)cc2)c(F)c1. The van der Waals surface area contributed by atoms with E-state index in [1.165, 1.54) is 43.5 Å². The third-order valence-corrected chi connectivity index (χ3v) is 4.77. The second kappa shape index (κ2) is 11.6. The fourth-order valence-electron chi connectivity index (χ4n) is 3.03. The zero-order valence-corrected chi connectivity index (χ0v) is 17.1. The second-order valence-corrected chi connectivity index (χ2v) is 7.31. The lowest BCUT2D eigenvalue weighted by molar-refractivity contribution is -0.137. The third-order valence-electron chi connectivity index (χ3n) is 4.77. The minimum atomic E-state index is -4.38. The number of hydrogen-bond donors (Lipinski definition) is 2. The van der Waals surface area contributed by atoms with E-state index in [-0.39, 0.29) is 18.1 Å². The summed E-state index contributed by atoms with van der Waals surface area (Å²) in [5.41, 5.74) is 0.463. The normalized spacial score (nSPS) is 11.4. The van der Waals surface area contributed by atoms with Crippen LogP contribution in [0.15, 0.2) is 42.5 Å². The van der Waals surface area contributed by atoms with E-state index in [2.05, 4.69) is 17.6 Å². The van der Waals surface area contributed by atoms with Crippen LogP contribution in [0.3, 0.4) is 0 Å². The van der Waals surface area contributed by atoms with Crippen molar-refractivity contribution in [3.8, 4) is 0 Å². The lowest BCUT2D eigenvalue weighted by atomic mass is 10.1. The van der Waals surface area contributed by atoms with Crippen molar-refractivity contribution in [3.63, 3.8) is 0 Å². The molecule has 7 heteroatoms. The summed E-state index contributed by atoms with van der Waals surface area (Å²) in [6.07, 6.45) is 2.54. The van der Waals surface area contributed by atoms with Gasteiger partial charge in [-0.05, 0) is 42.3 Å². The average molecular weight is 424 g/mol. The second-order valence-electron chi connectivity index (χ2n) is 7.31. The molecule has 0 atom stereocenters. The van der Waals surface area contributed by atoms with Crippen LogP contribution in [0.5, 0.6) is 0 Å². The number of nitrogens with one attached hydrogen (secondary N) is 2. The van der Waals surface area contributed by atoms with Crippen molar-refractivity contribution in [2.24, 2.45) is 0 Å². The van der Waals surface area contributed by atoms with Crippen molar-refractivity contribution in [3.05, 3.63) is 59.4 Å². The van der Waals surface area contributed by atoms with Crippen molar-refractivity contribution < 1.29 is 22.4 Å². The molecule has 0 unspecified atom stereocenters. The zero-order valence-electron chi connectivity index (χ0n) is 17.1. The highest BCUT2D eigenvalue weighted by molar-refractivity contribution is 5.90. The van der Waals surface area contributed by atoms with Gasteiger partial charge in [0.25, 0.3) is 0 Å². The molecule has 0 aliphatic carbocycles. The Morgan fingerprint density at radius 2 is 1.60 bits per heavy atom. The van der Waals surface area contributed by atoms with Crippen molar-refractivity contribution >= 4 is 17.3 Å². The van der Waals surface area contributed by atoms with E-state index in [9.17, 15) is 22.4 Å². The Morgan fingerprint density at radius 1 is 0.933 bits per heavy atom. The maximum atomic E-state index is 14.3. The summed E-state index contributed by atoms with van der Waals surface area (Å²) in [6.45, 7) is 2.33. The first kappa shape index (κ1) is 23.7. The number of carbonyl (C=O) groups is 1. The van der Waals surface area contributed by atoms with E-state index in [1.54, 1.807) is 6.07 Å². The van der Waals surface area contributed by atoms with Crippen LogP contribution in [0, 0.1) is 5.82 Å². The molecule has 164 valence electrons. The standard InChI is InChI=1S/C23H28F4N2O/c1-2-3-4-5-6-7-8-22(30)29-19-13-14-21(20(24)15-19)28-16-17-9-11-18(12-10-17)23(25,26)27/h9-15,28H,2-8,16H2,1H3,(H,29,30). The van der Waals surface area contributed by atoms with E-state index < -0.39 is 17.6 Å². The number of benzene rings is 2. The number of hydrogen-bond acceptors (Lipinski definition) is 2. The number of carbonyl (C=O) groups excluding carboxylic acids is 1. The Bertz CT molecular complexity index is 804. The molecule has 0 fully saturated rings. The summed E-state index contributed by atoms with van der Waals surface area (Å²) in [5.74, 6) is -0.686. The van der Waals surface area contributed by atoms with Crippen LogP contribution >= 0.6 is 0 Å². The van der Waals surface area contributed by atoms with Crippen LogP contribution in [0.25, 0.3) is 0 Å². The lowest BCUT2D eigenvalue weighted by Crippen LogP contribution is -2.11. The Labute approximate surface area is 174 Å². The maximum Gasteiger partial charge on any atom is 0.416 e. The number of alkyl halides is 3. The maximum absolute atomic E-state index is 14.3. The van der Waals surface area contributed by atoms with E-state index in [0.717, 1.165) is 31.4 Å². The molecule has 0 saturated heterocycles. The molecule has 1 amide bonds. The van der Waals surface area contributed by atoms with E-state index in [4.69, 9.17) is 0 Å². The molecule has 2 rings (SSSR count). The van der Waals surface area contributed by atoms with E-state index in [0.29, 0.717) is 17.7 Å². The summed E-state index contributed by atoms with van der Waals surface area (Å²) >= 11 is 0. The van der Waals surface area contributed by atoms with Crippen LogP contribution in [0.1, 0.15) is 63.0 Å². The monoisotopic (exact) mass is 424 g/mol. The molecule has 0 heterocycles. The minimum absolute atomic E-state index is 0.143. The van der Waals surface area contributed by atoms with Crippen molar-refractivity contribution in [1.82, 2.24) is 0 Å². The summed E-state index contributed by atoms with van der Waals surface area (Å²) in [4.78, 5) is 12.0. The van der Waals surface area contributed by atoms with E-state index in [1.807, 2.05) is 0 Å². The molecule has 3 nitrogen and oxygen atoms in total. The van der Waals surface area contributed by atoms with Gasteiger partial charge in [-0.2, -0.15) is 13.2 Å². The zero-order chi connectivity index (χ0) is 22.0. The summed E-state index contributed by atoms with van der Waals surface area (Å²) in [5, 5.41) is 5.55. The van der Waals surface area contributed by atoms with Gasteiger partial charge < -0.3 is 10.6 Å². The first-order valence-corrected chi connectivity index (χ1v) is 10.3. The number of amides is 1. The van der Waals surface area contributed by atoms with Crippen LogP contribution < -0.4 is 10.6 Å². The number of halogens is 4. The van der Waals surface area contributed by atoms with Crippen LogP contribution in [0.4, 0.5) is 28.9 Å². The molecule has 0 aromatic heterocycles. The van der Waals surface area contributed by atoms with Crippen molar-refractivity contribution in [2.45, 2.75) is 64.6 Å². The minimum Gasteiger partial charge on any atom is -0.379 e. The average Bonchev–Trinajstić information content (AvgIpc) is 2.69. The molecular weight excluding hydrogens is 396 g/mol. The first-order chi connectivity index (χ1) is 14.3. The topological polar surface area (TPSA) is 41.1 Å². The molecular formula is C23H28F4N2O. The molecule has 30 heavy (non-hydrogen) atoms. The summed E-state index contributed by atoms with van der Waals surface area (Å²) in [6, 6.07) is 9.02.